The van der Waals surface area contributed by atoms with Crippen LogP contribution in [-0.4, -0.2) is 11.0 Å². The van der Waals surface area contributed by atoms with Crippen molar-refractivity contribution in [2.45, 2.75) is 12.8 Å². The number of rotatable bonds is 5. The molecule has 0 bridgehead atoms. The average Bonchev–Trinajstić information content (AvgIpc) is 3.48. The monoisotopic (exact) mass is 348 g/mol. The van der Waals surface area contributed by atoms with Crippen molar-refractivity contribution >= 4 is 23.7 Å². The third kappa shape index (κ3) is 4.37. The minimum atomic E-state index is -0.605. The van der Waals surface area contributed by atoms with Crippen LogP contribution in [0.3, 0.4) is 0 Å². The summed E-state index contributed by atoms with van der Waals surface area (Å²) in [7, 11) is 0. The Hall–Kier alpha value is -3.39. The molecule has 0 aliphatic heterocycles. The maximum absolute atomic E-state index is 12.9. The van der Waals surface area contributed by atoms with Crippen LogP contribution in [0.1, 0.15) is 24.0 Å². The van der Waals surface area contributed by atoms with Crippen molar-refractivity contribution in [2.75, 3.05) is 5.32 Å². The van der Waals surface area contributed by atoms with Crippen LogP contribution in [0.5, 0.6) is 0 Å². The summed E-state index contributed by atoms with van der Waals surface area (Å²) in [5, 5.41) is 21.6. The molecule has 3 rings (SSSR count). The standard InChI is InChI=1S/C21H17FN2O2/c22-17-9-3-14(4-10-17)1-2-15-5-11-18(12-6-15)24-21(26)19(13-23)20(25)16-7-8-16/h1-6,9-12,16,25H,7-8H2,(H,24,26)/b2-1+,20-19?. The van der Waals surface area contributed by atoms with Crippen molar-refractivity contribution in [1.82, 2.24) is 0 Å². The first-order chi connectivity index (χ1) is 12.6. The van der Waals surface area contributed by atoms with Gasteiger partial charge in [-0.25, -0.2) is 4.39 Å². The number of nitrogens with one attached hydrogen (secondary N) is 1. The van der Waals surface area contributed by atoms with Gasteiger partial charge in [-0.2, -0.15) is 5.26 Å². The minimum Gasteiger partial charge on any atom is -0.510 e. The third-order valence-electron chi connectivity index (χ3n) is 4.07. The highest BCUT2D eigenvalue weighted by Crippen LogP contribution is 2.36. The molecule has 0 aromatic heterocycles. The Bertz CT molecular complexity index is 903. The maximum atomic E-state index is 12.9. The average molecular weight is 348 g/mol. The zero-order chi connectivity index (χ0) is 18.5. The van der Waals surface area contributed by atoms with E-state index in [1.165, 1.54) is 12.1 Å². The van der Waals surface area contributed by atoms with E-state index in [0.717, 1.165) is 24.0 Å². The molecular weight excluding hydrogens is 331 g/mol. The zero-order valence-corrected chi connectivity index (χ0v) is 13.9. The Kier molecular flexibility index (Phi) is 5.14. The Labute approximate surface area is 150 Å². The molecule has 1 fully saturated rings. The molecule has 0 saturated heterocycles. The fraction of sp³-hybridized carbons (Fsp3) is 0.143. The highest BCUT2D eigenvalue weighted by molar-refractivity contribution is 6.07. The molecule has 5 heteroatoms. The molecule has 26 heavy (non-hydrogen) atoms. The number of carbonyl (C=O) groups is 1. The molecule has 1 amide bonds. The Morgan fingerprint density at radius 1 is 1.08 bits per heavy atom. The minimum absolute atomic E-state index is 0.0608. The summed E-state index contributed by atoms with van der Waals surface area (Å²) in [4.78, 5) is 12.1. The molecule has 2 aromatic carbocycles. The predicted octanol–water partition coefficient (Wildman–Crippen LogP) is 4.68. The fourth-order valence-electron chi connectivity index (χ4n) is 2.42. The Morgan fingerprint density at radius 2 is 1.62 bits per heavy atom. The summed E-state index contributed by atoms with van der Waals surface area (Å²) < 4.78 is 12.9. The summed E-state index contributed by atoms with van der Waals surface area (Å²) in [5.41, 5.74) is 2.09. The van der Waals surface area contributed by atoms with Gasteiger partial charge < -0.3 is 10.4 Å². The highest BCUT2D eigenvalue weighted by Gasteiger charge is 2.30. The lowest BCUT2D eigenvalue weighted by molar-refractivity contribution is -0.112. The molecule has 1 aliphatic rings. The number of hydrogen-bond acceptors (Lipinski definition) is 3. The van der Waals surface area contributed by atoms with Crippen molar-refractivity contribution in [3.8, 4) is 6.07 Å². The van der Waals surface area contributed by atoms with Gasteiger partial charge in [-0.15, -0.1) is 0 Å². The van der Waals surface area contributed by atoms with Crippen molar-refractivity contribution in [2.24, 2.45) is 5.92 Å². The number of hydrogen-bond donors (Lipinski definition) is 2. The van der Waals surface area contributed by atoms with E-state index >= 15 is 0 Å². The van der Waals surface area contributed by atoms with Crippen molar-refractivity contribution in [3.05, 3.63) is 76.8 Å². The van der Waals surface area contributed by atoms with E-state index in [4.69, 9.17) is 5.26 Å². The number of nitriles is 1. The Balaban J connectivity index is 1.66. The molecule has 130 valence electrons. The van der Waals surface area contributed by atoms with Crippen LogP contribution in [0.2, 0.25) is 0 Å². The SMILES string of the molecule is N#CC(C(=O)Nc1ccc(/C=C/c2ccc(F)cc2)cc1)=C(O)C1CC1. The smallest absolute Gasteiger partial charge is 0.269 e. The van der Waals surface area contributed by atoms with Crippen molar-refractivity contribution < 1.29 is 14.3 Å². The van der Waals surface area contributed by atoms with Gasteiger partial charge in [-0.1, -0.05) is 36.4 Å². The molecule has 4 nitrogen and oxygen atoms in total. The topological polar surface area (TPSA) is 73.1 Å². The van der Waals surface area contributed by atoms with Gasteiger partial charge in [0.2, 0.25) is 0 Å². The third-order valence-corrected chi connectivity index (χ3v) is 4.07. The lowest BCUT2D eigenvalue weighted by atomic mass is 10.1. The molecule has 0 heterocycles. The van der Waals surface area contributed by atoms with Crippen LogP contribution in [0.4, 0.5) is 10.1 Å². The Morgan fingerprint density at radius 3 is 2.12 bits per heavy atom. The second kappa shape index (κ2) is 7.66. The highest BCUT2D eigenvalue weighted by atomic mass is 19.1. The number of halogens is 1. The molecule has 0 atom stereocenters. The molecule has 2 N–H and O–H groups in total. The fourth-order valence-corrected chi connectivity index (χ4v) is 2.42. The number of aliphatic hydroxyl groups is 1. The molecular formula is C21H17FN2O2. The number of benzene rings is 2. The summed E-state index contributed by atoms with van der Waals surface area (Å²) in [5.74, 6) is -1.06. The molecule has 1 saturated carbocycles. The zero-order valence-electron chi connectivity index (χ0n) is 13.9. The van der Waals surface area contributed by atoms with Gasteiger partial charge in [0.05, 0.1) is 0 Å². The van der Waals surface area contributed by atoms with E-state index in [0.29, 0.717) is 5.69 Å². The van der Waals surface area contributed by atoms with Gasteiger partial charge >= 0.3 is 0 Å². The van der Waals surface area contributed by atoms with Gasteiger partial charge in [0.1, 0.15) is 17.6 Å². The van der Waals surface area contributed by atoms with E-state index < -0.39 is 5.91 Å². The molecule has 0 unspecified atom stereocenters. The number of amides is 1. The van der Waals surface area contributed by atoms with Crippen molar-refractivity contribution in [3.63, 3.8) is 0 Å². The largest absolute Gasteiger partial charge is 0.510 e. The van der Waals surface area contributed by atoms with Gasteiger partial charge in [-0.05, 0) is 48.2 Å². The maximum Gasteiger partial charge on any atom is 0.269 e. The second-order valence-corrected chi connectivity index (χ2v) is 6.11. The van der Waals surface area contributed by atoms with E-state index in [-0.39, 0.29) is 23.1 Å². The van der Waals surface area contributed by atoms with Crippen LogP contribution in [-0.2, 0) is 4.79 Å². The molecule has 1 aliphatic carbocycles. The molecule has 0 radical (unpaired) electrons. The second-order valence-electron chi connectivity index (χ2n) is 6.11. The van der Waals surface area contributed by atoms with Gasteiger partial charge in [0, 0.05) is 11.6 Å². The lowest BCUT2D eigenvalue weighted by Crippen LogP contribution is -2.15. The number of allylic oxidation sites excluding steroid dienone is 1. The first-order valence-electron chi connectivity index (χ1n) is 8.25. The number of aliphatic hydroxyl groups excluding tert-OH is 1. The van der Waals surface area contributed by atoms with Crippen LogP contribution in [0.25, 0.3) is 12.2 Å². The first-order valence-corrected chi connectivity index (χ1v) is 8.25. The number of anilines is 1. The quantitative estimate of drug-likeness (QED) is 0.357. The van der Waals surface area contributed by atoms with E-state index in [1.807, 2.05) is 24.3 Å². The van der Waals surface area contributed by atoms with Crippen LogP contribution >= 0.6 is 0 Å². The van der Waals surface area contributed by atoms with Gasteiger partial charge in [0.25, 0.3) is 5.91 Å². The van der Waals surface area contributed by atoms with E-state index in [2.05, 4.69) is 5.32 Å². The number of nitrogens with zero attached hydrogens (tertiary/aromatic N) is 1. The molecule has 2 aromatic rings. The van der Waals surface area contributed by atoms with E-state index in [9.17, 15) is 14.3 Å². The summed E-state index contributed by atoms with van der Waals surface area (Å²) in [6, 6.07) is 15.0. The first kappa shape index (κ1) is 17.4. The van der Waals surface area contributed by atoms with E-state index in [1.54, 1.807) is 30.3 Å². The summed E-state index contributed by atoms with van der Waals surface area (Å²) in [6.45, 7) is 0. The number of carbonyl (C=O) groups excluding carboxylic acids is 1. The van der Waals surface area contributed by atoms with Gasteiger partial charge in [0.15, 0.2) is 5.57 Å². The lowest BCUT2D eigenvalue weighted by Gasteiger charge is -2.06. The van der Waals surface area contributed by atoms with Crippen LogP contribution < -0.4 is 5.32 Å². The summed E-state index contributed by atoms with van der Waals surface area (Å²) >= 11 is 0. The summed E-state index contributed by atoms with van der Waals surface area (Å²) in [6.07, 6.45) is 5.34. The van der Waals surface area contributed by atoms with Crippen LogP contribution in [0.15, 0.2) is 59.9 Å². The van der Waals surface area contributed by atoms with Gasteiger partial charge in [-0.3, -0.25) is 4.79 Å². The normalized spacial score (nSPS) is 14.6. The van der Waals surface area contributed by atoms with Crippen molar-refractivity contribution in [1.29, 1.82) is 5.26 Å². The van der Waals surface area contributed by atoms with Crippen LogP contribution in [0, 0.1) is 23.1 Å². The predicted molar refractivity (Wildman–Crippen MR) is 98.4 cm³/mol. The molecule has 0 spiro atoms.